The molecule has 0 fully saturated rings. The second kappa shape index (κ2) is 7.28. The van der Waals surface area contributed by atoms with Gasteiger partial charge in [0.15, 0.2) is 0 Å². The molecule has 2 aromatic rings. The Hall–Kier alpha value is -3.34. The monoisotopic (exact) mass is 319 g/mol. The number of hydrogen-bond donors (Lipinski definition) is 2. The lowest BCUT2D eigenvalue weighted by molar-refractivity contribution is 0.0944. The second-order valence-electron chi connectivity index (χ2n) is 5.10. The van der Waals surface area contributed by atoms with Crippen molar-refractivity contribution in [3.63, 3.8) is 0 Å². The highest BCUT2D eigenvalue weighted by Gasteiger charge is 2.15. The highest BCUT2D eigenvalue weighted by Crippen LogP contribution is 2.21. The number of amidine groups is 1. The predicted octanol–water partition coefficient (Wildman–Crippen LogP) is 2.90. The molecule has 2 aromatic carbocycles. The van der Waals surface area contributed by atoms with E-state index >= 15 is 0 Å². The van der Waals surface area contributed by atoms with Crippen molar-refractivity contribution in [3.8, 4) is 0 Å². The molecule has 0 aromatic heterocycles. The van der Waals surface area contributed by atoms with Crippen molar-refractivity contribution in [2.24, 2.45) is 4.99 Å². The summed E-state index contributed by atoms with van der Waals surface area (Å²) in [5.41, 5.74) is 7.72. The molecule has 5 heteroatoms. The van der Waals surface area contributed by atoms with Crippen LogP contribution in [0, 0.1) is 0 Å². The van der Waals surface area contributed by atoms with E-state index in [9.17, 15) is 4.79 Å². The van der Waals surface area contributed by atoms with Crippen LogP contribution in [0.2, 0.25) is 0 Å². The van der Waals surface area contributed by atoms with Gasteiger partial charge in [-0.2, -0.15) is 0 Å². The van der Waals surface area contributed by atoms with Crippen LogP contribution < -0.4 is 10.9 Å². The normalized spacial score (nSPS) is 14.8. The first kappa shape index (κ1) is 15.6. The fraction of sp³-hybridized carbons (Fsp3) is 0.0526. The largest absolute Gasteiger partial charge is 0.494 e. The Balaban J connectivity index is 1.70. The first-order valence-electron chi connectivity index (χ1n) is 7.49. The molecule has 0 atom stereocenters. The first-order chi connectivity index (χ1) is 11.8. The van der Waals surface area contributed by atoms with Crippen LogP contribution in [-0.4, -0.2) is 18.9 Å². The fourth-order valence-corrected chi connectivity index (χ4v) is 2.24. The van der Waals surface area contributed by atoms with Crippen LogP contribution in [0.3, 0.4) is 0 Å². The van der Waals surface area contributed by atoms with Crippen LogP contribution in [-0.2, 0) is 4.74 Å². The lowest BCUT2D eigenvalue weighted by Crippen LogP contribution is -2.40. The van der Waals surface area contributed by atoms with Crippen LogP contribution in [0.1, 0.15) is 15.9 Å². The number of hydrogen-bond acceptors (Lipinski definition) is 4. The van der Waals surface area contributed by atoms with E-state index < -0.39 is 0 Å². The van der Waals surface area contributed by atoms with Gasteiger partial charge in [-0.25, -0.2) is 4.99 Å². The third-order valence-electron chi connectivity index (χ3n) is 3.42. The van der Waals surface area contributed by atoms with Crippen LogP contribution in [0.5, 0.6) is 0 Å². The summed E-state index contributed by atoms with van der Waals surface area (Å²) in [6.07, 6.45) is 3.66. The summed E-state index contributed by atoms with van der Waals surface area (Å²) in [6.45, 7) is 0. The maximum atomic E-state index is 12.0. The topological polar surface area (TPSA) is 62.7 Å². The standard InChI is InChI=1S/C19H17N3O2/c1-24-17-13-18(20-16(17)12-14-8-4-2-5-9-14)21-22-19(23)15-10-6-3-7-11-15/h2-13H,1H3,(H,20,21)(H,22,23)/b16-12-. The summed E-state index contributed by atoms with van der Waals surface area (Å²) in [4.78, 5) is 16.5. The molecule has 2 N–H and O–H groups in total. The lowest BCUT2D eigenvalue weighted by Gasteiger charge is -2.06. The molecule has 0 aliphatic carbocycles. The van der Waals surface area contributed by atoms with Crippen molar-refractivity contribution in [2.45, 2.75) is 0 Å². The van der Waals surface area contributed by atoms with Crippen molar-refractivity contribution in [3.05, 3.63) is 89.3 Å². The number of hydrazine groups is 1. The molecule has 0 spiro atoms. The number of methoxy groups -OCH3 is 1. The summed E-state index contributed by atoms with van der Waals surface area (Å²) < 4.78 is 5.34. The Morgan fingerprint density at radius 1 is 1.04 bits per heavy atom. The summed E-state index contributed by atoms with van der Waals surface area (Å²) >= 11 is 0. The minimum Gasteiger partial charge on any atom is -0.494 e. The summed E-state index contributed by atoms with van der Waals surface area (Å²) in [5.74, 6) is 0.916. The van der Waals surface area contributed by atoms with E-state index in [0.717, 1.165) is 5.56 Å². The minimum atomic E-state index is -0.230. The number of benzene rings is 2. The molecule has 120 valence electrons. The van der Waals surface area contributed by atoms with Gasteiger partial charge in [0.25, 0.3) is 5.91 Å². The highest BCUT2D eigenvalue weighted by molar-refractivity contribution is 6.01. The third kappa shape index (κ3) is 3.70. The van der Waals surface area contributed by atoms with E-state index in [1.807, 2.05) is 54.6 Å². The van der Waals surface area contributed by atoms with E-state index in [0.29, 0.717) is 22.9 Å². The van der Waals surface area contributed by atoms with E-state index in [1.54, 1.807) is 25.3 Å². The number of rotatable bonds is 3. The van der Waals surface area contributed by atoms with Crippen molar-refractivity contribution >= 4 is 17.8 Å². The summed E-state index contributed by atoms with van der Waals surface area (Å²) in [7, 11) is 1.59. The molecule has 1 aliphatic heterocycles. The van der Waals surface area contributed by atoms with Crippen LogP contribution in [0.15, 0.2) is 83.2 Å². The van der Waals surface area contributed by atoms with Gasteiger partial charge in [0.05, 0.1) is 7.11 Å². The van der Waals surface area contributed by atoms with E-state index in [-0.39, 0.29) is 5.91 Å². The molecule has 0 radical (unpaired) electrons. The second-order valence-corrected chi connectivity index (χ2v) is 5.10. The molecule has 0 saturated heterocycles. The Labute approximate surface area is 140 Å². The van der Waals surface area contributed by atoms with Crippen molar-refractivity contribution in [1.29, 1.82) is 0 Å². The quantitative estimate of drug-likeness (QED) is 0.855. The SMILES string of the molecule is COC1=CC(NNC(=O)c2ccccc2)=N/C1=C\c1ccccc1. The predicted molar refractivity (Wildman–Crippen MR) is 94.0 cm³/mol. The van der Waals surface area contributed by atoms with Gasteiger partial charge in [0, 0.05) is 11.6 Å². The van der Waals surface area contributed by atoms with Gasteiger partial charge >= 0.3 is 0 Å². The molecule has 1 aliphatic rings. The van der Waals surface area contributed by atoms with E-state index in [1.165, 1.54) is 0 Å². The number of carbonyl (C=O) groups is 1. The van der Waals surface area contributed by atoms with Crippen LogP contribution in [0.4, 0.5) is 0 Å². The first-order valence-corrected chi connectivity index (χ1v) is 7.49. The Morgan fingerprint density at radius 3 is 2.38 bits per heavy atom. The molecular formula is C19H17N3O2. The average molecular weight is 319 g/mol. The highest BCUT2D eigenvalue weighted by atomic mass is 16.5. The van der Waals surface area contributed by atoms with E-state index in [4.69, 9.17) is 4.74 Å². The zero-order valence-electron chi connectivity index (χ0n) is 13.2. The summed E-state index contributed by atoms with van der Waals surface area (Å²) in [5, 5.41) is 0. The maximum absolute atomic E-state index is 12.0. The summed E-state index contributed by atoms with van der Waals surface area (Å²) in [6, 6.07) is 18.8. The van der Waals surface area contributed by atoms with Crippen molar-refractivity contribution < 1.29 is 9.53 Å². The minimum absolute atomic E-state index is 0.230. The Bertz CT molecular complexity index is 809. The van der Waals surface area contributed by atoms with Gasteiger partial charge in [0.2, 0.25) is 0 Å². The van der Waals surface area contributed by atoms with Gasteiger partial charge < -0.3 is 4.74 Å². The molecule has 24 heavy (non-hydrogen) atoms. The third-order valence-corrected chi connectivity index (χ3v) is 3.42. The fourth-order valence-electron chi connectivity index (χ4n) is 2.24. The van der Waals surface area contributed by atoms with Crippen molar-refractivity contribution in [2.75, 3.05) is 7.11 Å². The Morgan fingerprint density at radius 2 is 1.71 bits per heavy atom. The zero-order chi connectivity index (χ0) is 16.8. The molecular weight excluding hydrogens is 302 g/mol. The molecule has 3 rings (SSSR count). The zero-order valence-corrected chi connectivity index (χ0v) is 13.2. The molecule has 0 bridgehead atoms. The number of nitrogens with one attached hydrogen (secondary N) is 2. The molecule has 1 heterocycles. The lowest BCUT2D eigenvalue weighted by atomic mass is 10.2. The maximum Gasteiger partial charge on any atom is 0.269 e. The van der Waals surface area contributed by atoms with Crippen LogP contribution in [0.25, 0.3) is 6.08 Å². The number of ether oxygens (including phenoxy) is 1. The van der Waals surface area contributed by atoms with Gasteiger partial charge in [-0.3, -0.25) is 15.6 Å². The van der Waals surface area contributed by atoms with Crippen LogP contribution >= 0.6 is 0 Å². The van der Waals surface area contributed by atoms with Gasteiger partial charge in [-0.05, 0) is 23.8 Å². The molecule has 0 unspecified atom stereocenters. The number of carbonyl (C=O) groups excluding carboxylic acids is 1. The average Bonchev–Trinajstić information content (AvgIpc) is 3.03. The smallest absolute Gasteiger partial charge is 0.269 e. The van der Waals surface area contributed by atoms with Gasteiger partial charge in [0.1, 0.15) is 17.3 Å². The number of amides is 1. The van der Waals surface area contributed by atoms with Gasteiger partial charge in [-0.15, -0.1) is 0 Å². The molecule has 5 nitrogen and oxygen atoms in total. The van der Waals surface area contributed by atoms with Crippen molar-refractivity contribution in [1.82, 2.24) is 10.9 Å². The molecule has 1 amide bonds. The Kier molecular flexibility index (Phi) is 4.72. The van der Waals surface area contributed by atoms with E-state index in [2.05, 4.69) is 15.8 Å². The number of aliphatic imine (C=N–C) groups is 1. The van der Waals surface area contributed by atoms with Gasteiger partial charge in [-0.1, -0.05) is 48.5 Å². The molecule has 0 saturated carbocycles. The number of nitrogens with zero attached hydrogens (tertiary/aromatic N) is 1.